The number of carbonyl (C=O) groups is 2. The van der Waals surface area contributed by atoms with Gasteiger partial charge in [0, 0.05) is 11.9 Å². The number of thioether (sulfide) groups is 1. The molecule has 8 heteroatoms. The molecule has 0 unspecified atom stereocenters. The van der Waals surface area contributed by atoms with E-state index in [0.717, 1.165) is 22.0 Å². The Hall–Kier alpha value is -3.52. The van der Waals surface area contributed by atoms with E-state index in [4.69, 9.17) is 9.47 Å². The number of amidine groups is 1. The quantitative estimate of drug-likeness (QED) is 0.595. The van der Waals surface area contributed by atoms with Gasteiger partial charge in [-0.15, -0.1) is 0 Å². The first-order valence-electron chi connectivity index (χ1n) is 10.6. The second-order valence-electron chi connectivity index (χ2n) is 7.55. The van der Waals surface area contributed by atoms with Crippen molar-refractivity contribution >= 4 is 34.5 Å². The van der Waals surface area contributed by atoms with Crippen LogP contribution in [0.1, 0.15) is 31.0 Å². The van der Waals surface area contributed by atoms with Crippen LogP contribution in [0.5, 0.6) is 5.75 Å². The Bertz CT molecular complexity index is 1150. The average molecular weight is 464 g/mol. The molecule has 1 N–H and O–H groups in total. The summed E-state index contributed by atoms with van der Waals surface area (Å²) in [6.45, 7) is 5.74. The van der Waals surface area contributed by atoms with Crippen molar-refractivity contribution < 1.29 is 19.1 Å². The summed E-state index contributed by atoms with van der Waals surface area (Å²) >= 11 is 1.51. The van der Waals surface area contributed by atoms with E-state index in [0.29, 0.717) is 23.6 Å². The third kappa shape index (κ3) is 4.96. The number of benzene rings is 2. The van der Waals surface area contributed by atoms with Crippen molar-refractivity contribution in [2.24, 2.45) is 4.99 Å². The van der Waals surface area contributed by atoms with Crippen molar-refractivity contribution in [3.63, 3.8) is 0 Å². The van der Waals surface area contributed by atoms with Crippen LogP contribution in [0.25, 0.3) is 0 Å². The number of aliphatic imine (C=N–C) groups is 1. The van der Waals surface area contributed by atoms with E-state index < -0.39 is 0 Å². The number of hydrogen-bond acceptors (Lipinski definition) is 7. The van der Waals surface area contributed by atoms with E-state index in [1.807, 2.05) is 66.8 Å². The van der Waals surface area contributed by atoms with Crippen LogP contribution in [0.3, 0.4) is 0 Å². The lowest BCUT2D eigenvalue weighted by Crippen LogP contribution is -2.34. The van der Waals surface area contributed by atoms with Crippen molar-refractivity contribution in [2.45, 2.75) is 26.8 Å². The minimum absolute atomic E-state index is 0.105. The predicted octanol–water partition coefficient (Wildman–Crippen LogP) is 4.78. The van der Waals surface area contributed by atoms with Crippen molar-refractivity contribution in [3.8, 4) is 5.75 Å². The topological polar surface area (TPSA) is 80.2 Å². The van der Waals surface area contributed by atoms with E-state index in [-0.39, 0.29) is 24.5 Å². The fourth-order valence-corrected chi connectivity index (χ4v) is 4.48. The largest absolute Gasteiger partial charge is 0.484 e. The number of nitrogens with one attached hydrogen (secondary N) is 1. The summed E-state index contributed by atoms with van der Waals surface area (Å²) in [6, 6.07) is 14.6. The molecule has 1 atom stereocenters. The lowest BCUT2D eigenvalue weighted by Gasteiger charge is -2.33. The lowest BCUT2D eigenvalue weighted by molar-refractivity contribution is -0.139. The van der Waals surface area contributed by atoms with Gasteiger partial charge >= 0.3 is 5.97 Å². The van der Waals surface area contributed by atoms with Gasteiger partial charge in [0.05, 0.1) is 23.9 Å². The van der Waals surface area contributed by atoms with Gasteiger partial charge in [0.25, 0.3) is 5.91 Å². The Balaban J connectivity index is 1.48. The number of esters is 1. The normalized spacial score (nSPS) is 16.9. The molecule has 1 amide bonds. The number of anilines is 1. The van der Waals surface area contributed by atoms with Crippen molar-refractivity contribution in [3.05, 3.63) is 82.5 Å². The van der Waals surface area contributed by atoms with Crippen LogP contribution in [0.15, 0.2) is 76.4 Å². The number of carbonyl (C=O) groups excluding carboxylic acids is 2. The number of allylic oxidation sites excluding steroid dienone is 1. The number of fused-ring (bicyclic) bond motifs is 1. The summed E-state index contributed by atoms with van der Waals surface area (Å²) < 4.78 is 11.0. The maximum atomic E-state index is 12.7. The maximum absolute atomic E-state index is 12.7. The first-order chi connectivity index (χ1) is 16.0. The molecule has 0 saturated heterocycles. The van der Waals surface area contributed by atoms with Crippen LogP contribution in [-0.4, -0.2) is 35.2 Å². The molecule has 0 aliphatic carbocycles. The molecule has 2 aromatic carbocycles. The number of rotatable bonds is 7. The van der Waals surface area contributed by atoms with Crippen LogP contribution < -0.4 is 10.1 Å². The van der Waals surface area contributed by atoms with E-state index in [1.54, 1.807) is 19.1 Å². The first kappa shape index (κ1) is 22.7. The average Bonchev–Trinajstić information content (AvgIpc) is 3.27. The van der Waals surface area contributed by atoms with Gasteiger partial charge in [0.1, 0.15) is 5.75 Å². The Morgan fingerprint density at radius 1 is 1.12 bits per heavy atom. The zero-order valence-electron chi connectivity index (χ0n) is 18.7. The molecule has 33 heavy (non-hydrogen) atoms. The lowest BCUT2D eigenvalue weighted by atomic mass is 9.95. The molecule has 2 aromatic rings. The number of hydrogen-bond donors (Lipinski definition) is 1. The van der Waals surface area contributed by atoms with Crippen LogP contribution in [0.4, 0.5) is 5.69 Å². The molecule has 2 aliphatic rings. The summed E-state index contributed by atoms with van der Waals surface area (Å²) in [5, 5.41) is 5.61. The zero-order chi connectivity index (χ0) is 23.4. The van der Waals surface area contributed by atoms with E-state index in [1.165, 1.54) is 11.8 Å². The minimum Gasteiger partial charge on any atom is -0.484 e. The zero-order valence-corrected chi connectivity index (χ0v) is 19.5. The first-order valence-corrected chi connectivity index (χ1v) is 11.5. The maximum Gasteiger partial charge on any atom is 0.338 e. The Kier molecular flexibility index (Phi) is 6.84. The predicted molar refractivity (Wildman–Crippen MR) is 130 cm³/mol. The van der Waals surface area contributed by atoms with Gasteiger partial charge in [-0.2, -0.15) is 0 Å². The molecule has 0 aromatic heterocycles. The molecular formula is C25H25N3O4S. The van der Waals surface area contributed by atoms with Gasteiger partial charge in [0.2, 0.25) is 0 Å². The summed E-state index contributed by atoms with van der Waals surface area (Å²) in [5.41, 5.74) is 3.81. The molecule has 0 saturated carbocycles. The molecule has 0 radical (unpaired) electrons. The monoisotopic (exact) mass is 463 g/mol. The van der Waals surface area contributed by atoms with E-state index in [2.05, 4.69) is 10.3 Å². The molecule has 0 fully saturated rings. The Morgan fingerprint density at radius 2 is 1.88 bits per heavy atom. The highest BCUT2D eigenvalue weighted by Gasteiger charge is 2.37. The SMILES string of the molecule is CCOC(=O)C1=C(C)N=C2SC=CN2[C@H]1c1ccc(OCC(=O)Nc2ccccc2C)cc1. The molecule has 0 bridgehead atoms. The molecule has 4 rings (SSSR count). The van der Waals surface area contributed by atoms with Gasteiger partial charge in [-0.05, 0) is 55.5 Å². The molecule has 0 spiro atoms. The summed E-state index contributed by atoms with van der Waals surface area (Å²) in [5.74, 6) is -0.0432. The molecule has 7 nitrogen and oxygen atoms in total. The van der Waals surface area contributed by atoms with Gasteiger partial charge < -0.3 is 19.7 Å². The molecular weight excluding hydrogens is 438 g/mol. The number of aryl methyl sites for hydroxylation is 1. The Labute approximate surface area is 197 Å². The van der Waals surface area contributed by atoms with Gasteiger partial charge in [0.15, 0.2) is 11.8 Å². The second kappa shape index (κ2) is 9.95. The van der Waals surface area contributed by atoms with Crippen LogP contribution in [-0.2, 0) is 14.3 Å². The summed E-state index contributed by atoms with van der Waals surface area (Å²) in [7, 11) is 0. The minimum atomic E-state index is -0.374. The van der Waals surface area contributed by atoms with Crippen molar-refractivity contribution in [2.75, 3.05) is 18.5 Å². The number of amides is 1. The number of nitrogens with zero attached hydrogens (tertiary/aromatic N) is 2. The molecule has 170 valence electrons. The van der Waals surface area contributed by atoms with Crippen LogP contribution in [0, 0.1) is 6.92 Å². The van der Waals surface area contributed by atoms with Gasteiger partial charge in [-0.3, -0.25) is 4.79 Å². The number of para-hydroxylation sites is 1. The highest BCUT2D eigenvalue weighted by Crippen LogP contribution is 2.41. The van der Waals surface area contributed by atoms with Gasteiger partial charge in [-0.1, -0.05) is 42.1 Å². The van der Waals surface area contributed by atoms with Crippen LogP contribution in [0.2, 0.25) is 0 Å². The molecule has 2 heterocycles. The van der Waals surface area contributed by atoms with Crippen LogP contribution >= 0.6 is 11.8 Å². The second-order valence-corrected chi connectivity index (χ2v) is 8.42. The Morgan fingerprint density at radius 3 is 2.61 bits per heavy atom. The van der Waals surface area contributed by atoms with Gasteiger partial charge in [-0.25, -0.2) is 9.79 Å². The van der Waals surface area contributed by atoms with Crippen molar-refractivity contribution in [1.29, 1.82) is 0 Å². The standard InChI is InChI=1S/C25H25N3O4S/c1-4-31-24(30)22-17(3)26-25-28(13-14-33-25)23(22)18-9-11-19(12-10-18)32-15-21(29)27-20-8-6-5-7-16(20)2/h5-14,23H,4,15H2,1-3H3,(H,27,29)/t23-/m0/s1. The number of ether oxygens (including phenoxy) is 2. The summed E-state index contributed by atoms with van der Waals surface area (Å²) in [4.78, 5) is 31.5. The third-order valence-corrected chi connectivity index (χ3v) is 6.07. The highest BCUT2D eigenvalue weighted by molar-refractivity contribution is 8.16. The fourth-order valence-electron chi connectivity index (χ4n) is 3.69. The smallest absolute Gasteiger partial charge is 0.338 e. The summed E-state index contributed by atoms with van der Waals surface area (Å²) in [6.07, 6.45) is 1.92. The highest BCUT2D eigenvalue weighted by atomic mass is 32.2. The van der Waals surface area contributed by atoms with Crippen molar-refractivity contribution in [1.82, 2.24) is 4.90 Å². The van der Waals surface area contributed by atoms with E-state index >= 15 is 0 Å². The third-order valence-electron chi connectivity index (χ3n) is 5.30. The fraction of sp³-hybridized carbons (Fsp3) is 0.240. The van der Waals surface area contributed by atoms with E-state index in [9.17, 15) is 9.59 Å². The molecule has 2 aliphatic heterocycles.